The highest BCUT2D eigenvalue weighted by Gasteiger charge is 2.15. The first kappa shape index (κ1) is 27.3. The molecule has 41 heavy (non-hydrogen) atoms. The minimum atomic E-state index is -1.06. The molecule has 5 rings (SSSR count). The number of carboxylic acid groups (broad SMARTS) is 1. The lowest BCUT2D eigenvalue weighted by Crippen LogP contribution is -2.13. The molecule has 0 unspecified atom stereocenters. The lowest BCUT2D eigenvalue weighted by Gasteiger charge is -2.16. The van der Waals surface area contributed by atoms with Crippen molar-refractivity contribution in [2.24, 2.45) is 0 Å². The third-order valence-corrected chi connectivity index (χ3v) is 6.34. The number of aryl methyl sites for hydroxylation is 1. The summed E-state index contributed by atoms with van der Waals surface area (Å²) in [6.45, 7) is 5.63. The third-order valence-electron chi connectivity index (χ3n) is 6.34. The van der Waals surface area contributed by atoms with Gasteiger partial charge in [0.15, 0.2) is 0 Å². The number of aromatic carboxylic acids is 1. The predicted octanol–water partition coefficient (Wildman–Crippen LogP) is 7.23. The maximum Gasteiger partial charge on any atom is 0.335 e. The Kier molecular flexibility index (Phi) is 7.60. The highest BCUT2D eigenvalue weighted by molar-refractivity contribution is 6.05. The molecule has 206 valence electrons. The molecular weight excluding hydrogens is 523 g/mol. The zero-order chi connectivity index (χ0) is 29.1. The zero-order valence-electron chi connectivity index (χ0n) is 22.6. The Balaban J connectivity index is 1.43. The van der Waals surface area contributed by atoms with Gasteiger partial charge in [-0.1, -0.05) is 24.3 Å². The second-order valence-electron chi connectivity index (χ2n) is 9.74. The number of rotatable bonds is 8. The van der Waals surface area contributed by atoms with Gasteiger partial charge in [-0.3, -0.25) is 4.79 Å². The van der Waals surface area contributed by atoms with Crippen LogP contribution >= 0.6 is 0 Å². The number of benzene rings is 4. The highest BCUT2D eigenvalue weighted by Crippen LogP contribution is 2.36. The van der Waals surface area contributed by atoms with E-state index in [4.69, 9.17) is 14.8 Å². The number of hydrogen-bond acceptors (Lipinski definition) is 6. The summed E-state index contributed by atoms with van der Waals surface area (Å²) in [6.07, 6.45) is 1.57. The van der Waals surface area contributed by atoms with E-state index in [1.54, 1.807) is 18.3 Å². The number of ether oxygens (including phenoxy) is 1. The van der Waals surface area contributed by atoms with Crippen LogP contribution in [0.25, 0.3) is 22.0 Å². The van der Waals surface area contributed by atoms with Crippen LogP contribution in [0, 0.1) is 12.7 Å². The summed E-state index contributed by atoms with van der Waals surface area (Å²) in [4.78, 5) is 33.1. The summed E-state index contributed by atoms with van der Waals surface area (Å²) in [5.74, 6) is -1.05. The van der Waals surface area contributed by atoms with E-state index in [2.05, 4.69) is 15.6 Å². The number of aromatic nitrogens is 2. The van der Waals surface area contributed by atoms with E-state index in [0.717, 1.165) is 16.5 Å². The van der Waals surface area contributed by atoms with Gasteiger partial charge in [0.25, 0.3) is 5.91 Å². The molecule has 9 heteroatoms. The maximum absolute atomic E-state index is 14.1. The van der Waals surface area contributed by atoms with E-state index >= 15 is 0 Å². The fourth-order valence-corrected chi connectivity index (χ4v) is 4.33. The van der Waals surface area contributed by atoms with E-state index in [0.29, 0.717) is 39.7 Å². The van der Waals surface area contributed by atoms with Crippen LogP contribution in [-0.4, -0.2) is 33.1 Å². The number of anilines is 3. The molecule has 0 fully saturated rings. The number of amides is 1. The molecule has 0 aliphatic carbocycles. The molecule has 5 aromatic rings. The van der Waals surface area contributed by atoms with Crippen molar-refractivity contribution < 1.29 is 23.8 Å². The van der Waals surface area contributed by atoms with Crippen LogP contribution in [0.5, 0.6) is 5.75 Å². The quantitative estimate of drug-likeness (QED) is 0.187. The average Bonchev–Trinajstić information content (AvgIpc) is 2.94. The van der Waals surface area contributed by atoms with Crippen molar-refractivity contribution in [1.82, 2.24) is 9.97 Å². The predicted molar refractivity (Wildman–Crippen MR) is 157 cm³/mol. The summed E-state index contributed by atoms with van der Waals surface area (Å²) >= 11 is 0. The Morgan fingerprint density at radius 2 is 1.68 bits per heavy atom. The zero-order valence-corrected chi connectivity index (χ0v) is 22.6. The van der Waals surface area contributed by atoms with Crippen LogP contribution in [-0.2, 0) is 0 Å². The number of para-hydroxylation sites is 1. The number of carbonyl (C=O) groups is 2. The van der Waals surface area contributed by atoms with Gasteiger partial charge >= 0.3 is 5.97 Å². The summed E-state index contributed by atoms with van der Waals surface area (Å²) in [5, 5.41) is 16.0. The second-order valence-corrected chi connectivity index (χ2v) is 9.74. The van der Waals surface area contributed by atoms with Gasteiger partial charge < -0.3 is 20.5 Å². The summed E-state index contributed by atoms with van der Waals surface area (Å²) < 4.78 is 20.0. The van der Waals surface area contributed by atoms with Crippen molar-refractivity contribution >= 4 is 40.1 Å². The SMILES string of the molecule is Cc1ccc(Nc2ncc3cccc(-c4ccc(F)cc4OC(C)C)c3n2)cc1NC(=O)c1ccc(C(=O)O)cc1. The van der Waals surface area contributed by atoms with Gasteiger partial charge in [0, 0.05) is 45.7 Å². The summed E-state index contributed by atoms with van der Waals surface area (Å²) in [7, 11) is 0. The van der Waals surface area contributed by atoms with Crippen LogP contribution in [0.15, 0.2) is 85.1 Å². The Morgan fingerprint density at radius 1 is 0.927 bits per heavy atom. The van der Waals surface area contributed by atoms with Gasteiger partial charge in [-0.2, -0.15) is 0 Å². The van der Waals surface area contributed by atoms with Gasteiger partial charge in [0.05, 0.1) is 17.2 Å². The molecule has 1 heterocycles. The first-order chi connectivity index (χ1) is 19.7. The van der Waals surface area contributed by atoms with E-state index in [1.165, 1.54) is 36.4 Å². The molecule has 0 saturated heterocycles. The van der Waals surface area contributed by atoms with E-state index in [1.807, 2.05) is 51.1 Å². The highest BCUT2D eigenvalue weighted by atomic mass is 19.1. The summed E-state index contributed by atoms with van der Waals surface area (Å²) in [6, 6.07) is 21.3. The van der Waals surface area contributed by atoms with Gasteiger partial charge in [-0.05, 0) is 74.9 Å². The number of fused-ring (bicyclic) bond motifs is 1. The Bertz CT molecular complexity index is 1770. The molecule has 1 amide bonds. The molecule has 0 radical (unpaired) electrons. The van der Waals surface area contributed by atoms with Crippen molar-refractivity contribution in [3.63, 3.8) is 0 Å². The van der Waals surface area contributed by atoms with E-state index in [-0.39, 0.29) is 23.4 Å². The molecule has 0 aliphatic heterocycles. The molecule has 0 bridgehead atoms. The number of halogens is 1. The molecule has 0 saturated carbocycles. The largest absolute Gasteiger partial charge is 0.490 e. The monoisotopic (exact) mass is 550 g/mol. The Hall–Kier alpha value is -5.31. The number of carbonyl (C=O) groups excluding carboxylic acids is 1. The summed E-state index contributed by atoms with van der Waals surface area (Å²) in [5.41, 5.74) is 4.64. The lowest BCUT2D eigenvalue weighted by atomic mass is 10.0. The minimum Gasteiger partial charge on any atom is -0.490 e. The van der Waals surface area contributed by atoms with Gasteiger partial charge in [0.1, 0.15) is 11.6 Å². The first-order valence-electron chi connectivity index (χ1n) is 12.9. The standard InChI is InChI=1S/C32H27FN4O4/c1-18(2)41-28-15-23(33)12-14-25(28)26-6-4-5-22-17-34-32(37-29(22)26)35-24-13-7-19(3)27(16-24)36-30(38)20-8-10-21(11-9-20)31(39)40/h4-18H,1-3H3,(H,36,38)(H,39,40)(H,34,35,37). The first-order valence-corrected chi connectivity index (χ1v) is 12.9. The van der Waals surface area contributed by atoms with Gasteiger partial charge in [0.2, 0.25) is 5.95 Å². The topological polar surface area (TPSA) is 113 Å². The number of nitrogens with one attached hydrogen (secondary N) is 2. The molecule has 1 aromatic heterocycles. The Morgan fingerprint density at radius 3 is 2.41 bits per heavy atom. The third kappa shape index (κ3) is 6.14. The van der Waals surface area contributed by atoms with Crippen LogP contribution in [0.1, 0.15) is 40.1 Å². The fourth-order valence-electron chi connectivity index (χ4n) is 4.33. The lowest BCUT2D eigenvalue weighted by molar-refractivity contribution is 0.0696. The minimum absolute atomic E-state index is 0.102. The number of nitrogens with zero attached hydrogens (tertiary/aromatic N) is 2. The average molecular weight is 551 g/mol. The molecule has 3 N–H and O–H groups in total. The van der Waals surface area contributed by atoms with Crippen LogP contribution in [0.3, 0.4) is 0 Å². The molecular formula is C32H27FN4O4. The number of hydrogen-bond donors (Lipinski definition) is 3. The van der Waals surface area contributed by atoms with Crippen molar-refractivity contribution in [2.75, 3.05) is 10.6 Å². The molecule has 0 atom stereocenters. The molecule has 4 aromatic carbocycles. The molecule has 8 nitrogen and oxygen atoms in total. The van der Waals surface area contributed by atoms with Crippen LogP contribution in [0.4, 0.5) is 21.7 Å². The number of carboxylic acids is 1. The van der Waals surface area contributed by atoms with Crippen molar-refractivity contribution in [3.05, 3.63) is 108 Å². The smallest absolute Gasteiger partial charge is 0.335 e. The normalized spacial score (nSPS) is 11.0. The van der Waals surface area contributed by atoms with Gasteiger partial charge in [-0.15, -0.1) is 0 Å². The van der Waals surface area contributed by atoms with Crippen molar-refractivity contribution in [1.29, 1.82) is 0 Å². The van der Waals surface area contributed by atoms with Crippen molar-refractivity contribution in [2.45, 2.75) is 26.9 Å². The van der Waals surface area contributed by atoms with Gasteiger partial charge in [-0.25, -0.2) is 19.2 Å². The van der Waals surface area contributed by atoms with E-state index < -0.39 is 5.97 Å². The second kappa shape index (κ2) is 11.4. The van der Waals surface area contributed by atoms with Crippen LogP contribution < -0.4 is 15.4 Å². The molecule has 0 aliphatic rings. The molecule has 0 spiro atoms. The van der Waals surface area contributed by atoms with E-state index in [9.17, 15) is 14.0 Å². The van der Waals surface area contributed by atoms with Crippen molar-refractivity contribution in [3.8, 4) is 16.9 Å². The maximum atomic E-state index is 14.1. The fraction of sp³-hybridized carbons (Fsp3) is 0.125. The Labute approximate surface area is 235 Å². The van der Waals surface area contributed by atoms with Crippen LogP contribution in [0.2, 0.25) is 0 Å².